The number of methoxy groups -OCH3 is 1. The summed E-state index contributed by atoms with van der Waals surface area (Å²) in [6.07, 6.45) is -6.84. The van der Waals surface area contributed by atoms with Gasteiger partial charge in [0.2, 0.25) is 0 Å². The first-order valence-electron chi connectivity index (χ1n) is 6.68. The predicted molar refractivity (Wildman–Crippen MR) is 68.0 cm³/mol. The fraction of sp³-hybridized carbons (Fsp3) is 0.714. The molecule has 0 aromatic carbocycles. The SMILES string of the molecule is COC(COC1=CCCC=C1C(C)C)(C(F)(F)F)C(F)(F)F. The second-order valence-corrected chi connectivity index (χ2v) is 5.28. The van der Waals surface area contributed by atoms with E-state index in [0.717, 1.165) is 0 Å². The average Bonchev–Trinajstić information content (AvgIpc) is 2.36. The maximum atomic E-state index is 12.9. The summed E-state index contributed by atoms with van der Waals surface area (Å²) >= 11 is 0. The van der Waals surface area contributed by atoms with Crippen molar-refractivity contribution in [3.05, 3.63) is 23.5 Å². The molecule has 0 aromatic rings. The van der Waals surface area contributed by atoms with Crippen LogP contribution in [-0.2, 0) is 9.47 Å². The van der Waals surface area contributed by atoms with E-state index in [9.17, 15) is 26.3 Å². The molecule has 128 valence electrons. The molecule has 0 saturated carbocycles. The van der Waals surface area contributed by atoms with Crippen molar-refractivity contribution >= 4 is 0 Å². The van der Waals surface area contributed by atoms with Crippen molar-refractivity contribution in [1.82, 2.24) is 0 Å². The van der Waals surface area contributed by atoms with Gasteiger partial charge in [0.15, 0.2) is 0 Å². The van der Waals surface area contributed by atoms with E-state index in [1.165, 1.54) is 6.08 Å². The molecule has 0 heterocycles. The van der Waals surface area contributed by atoms with Crippen LogP contribution in [0.5, 0.6) is 0 Å². The maximum Gasteiger partial charge on any atom is 0.430 e. The molecule has 2 nitrogen and oxygen atoms in total. The molecule has 0 saturated heterocycles. The fourth-order valence-electron chi connectivity index (χ4n) is 2.13. The van der Waals surface area contributed by atoms with Crippen LogP contribution in [0.25, 0.3) is 0 Å². The lowest BCUT2D eigenvalue weighted by Gasteiger charge is -2.36. The summed E-state index contributed by atoms with van der Waals surface area (Å²) in [5.41, 5.74) is -3.75. The molecule has 0 aliphatic heterocycles. The van der Waals surface area contributed by atoms with Crippen molar-refractivity contribution in [2.75, 3.05) is 13.7 Å². The molecule has 8 heteroatoms. The summed E-state index contributed by atoms with van der Waals surface area (Å²) in [7, 11) is 0.374. The minimum absolute atomic E-state index is 0.0520. The Hall–Kier alpha value is -1.18. The van der Waals surface area contributed by atoms with Crippen LogP contribution in [0.4, 0.5) is 26.3 Å². The number of alkyl halides is 6. The zero-order valence-electron chi connectivity index (χ0n) is 12.4. The smallest absolute Gasteiger partial charge is 0.430 e. The van der Waals surface area contributed by atoms with E-state index in [1.54, 1.807) is 19.9 Å². The minimum atomic E-state index is -5.64. The van der Waals surface area contributed by atoms with Crippen molar-refractivity contribution in [3.8, 4) is 0 Å². The van der Waals surface area contributed by atoms with Gasteiger partial charge in [-0.3, -0.25) is 0 Å². The van der Waals surface area contributed by atoms with Crippen LogP contribution < -0.4 is 0 Å². The van der Waals surface area contributed by atoms with E-state index in [0.29, 0.717) is 25.5 Å². The van der Waals surface area contributed by atoms with Crippen LogP contribution in [0.15, 0.2) is 23.5 Å². The Labute approximate surface area is 124 Å². The molecule has 0 bridgehead atoms. The Balaban J connectivity index is 3.03. The Bertz CT molecular complexity index is 431. The number of ether oxygens (including phenoxy) is 2. The third-order valence-corrected chi connectivity index (χ3v) is 3.46. The van der Waals surface area contributed by atoms with Crippen molar-refractivity contribution in [2.45, 2.75) is 44.6 Å². The number of rotatable bonds is 5. The van der Waals surface area contributed by atoms with E-state index >= 15 is 0 Å². The molecule has 0 amide bonds. The first kappa shape index (κ1) is 18.9. The minimum Gasteiger partial charge on any atom is -0.490 e. The predicted octanol–water partition coefficient (Wildman–Crippen LogP) is 4.77. The van der Waals surface area contributed by atoms with E-state index in [4.69, 9.17) is 4.74 Å². The van der Waals surface area contributed by atoms with Crippen LogP contribution in [0.3, 0.4) is 0 Å². The van der Waals surface area contributed by atoms with Crippen molar-refractivity contribution in [3.63, 3.8) is 0 Å². The molecule has 1 aliphatic rings. The molecule has 0 atom stereocenters. The first-order chi connectivity index (χ1) is 9.96. The van der Waals surface area contributed by atoms with Gasteiger partial charge in [0.25, 0.3) is 5.60 Å². The zero-order chi connectivity index (χ0) is 17.2. The van der Waals surface area contributed by atoms with Gasteiger partial charge < -0.3 is 9.47 Å². The van der Waals surface area contributed by atoms with Gasteiger partial charge in [-0.2, -0.15) is 26.3 Å². The number of allylic oxidation sites excluding steroid dienone is 3. The summed E-state index contributed by atoms with van der Waals surface area (Å²) in [5, 5.41) is 0. The average molecular weight is 332 g/mol. The van der Waals surface area contributed by atoms with E-state index < -0.39 is 24.6 Å². The fourth-order valence-corrected chi connectivity index (χ4v) is 2.13. The summed E-state index contributed by atoms with van der Waals surface area (Å²) in [5.74, 6) is -0.0172. The van der Waals surface area contributed by atoms with Crippen LogP contribution in [0, 0.1) is 5.92 Å². The Morgan fingerprint density at radius 1 is 1.00 bits per heavy atom. The zero-order valence-corrected chi connectivity index (χ0v) is 12.4. The molecule has 1 aliphatic carbocycles. The van der Waals surface area contributed by atoms with Gasteiger partial charge in [0.1, 0.15) is 12.4 Å². The molecule has 0 aromatic heterocycles. The molecule has 1 rings (SSSR count). The standard InChI is InChI=1S/C14H18F6O2/c1-9(2)10-6-4-5-7-11(10)22-8-12(21-3,13(15,16)17)14(18,19)20/h6-7,9H,4-5,8H2,1-3H3. The Morgan fingerprint density at radius 2 is 1.50 bits per heavy atom. The van der Waals surface area contributed by atoms with Crippen LogP contribution in [-0.4, -0.2) is 31.7 Å². The first-order valence-corrected chi connectivity index (χ1v) is 6.68. The maximum absolute atomic E-state index is 12.9. The monoisotopic (exact) mass is 332 g/mol. The van der Waals surface area contributed by atoms with Gasteiger partial charge in [-0.25, -0.2) is 0 Å². The number of halogens is 6. The Kier molecular flexibility index (Phi) is 5.59. The summed E-state index contributed by atoms with van der Waals surface area (Å²) in [4.78, 5) is 0. The highest BCUT2D eigenvalue weighted by Crippen LogP contribution is 2.46. The van der Waals surface area contributed by atoms with Gasteiger partial charge in [0, 0.05) is 7.11 Å². The summed E-state index contributed by atoms with van der Waals surface area (Å²) in [6.45, 7) is 1.89. The summed E-state index contributed by atoms with van der Waals surface area (Å²) < 4.78 is 86.3. The lowest BCUT2D eigenvalue weighted by Crippen LogP contribution is -2.61. The van der Waals surface area contributed by atoms with E-state index in [1.807, 2.05) is 0 Å². The molecule has 22 heavy (non-hydrogen) atoms. The second kappa shape index (κ2) is 6.52. The third-order valence-electron chi connectivity index (χ3n) is 3.46. The van der Waals surface area contributed by atoms with Gasteiger partial charge in [0.05, 0.1) is 0 Å². The van der Waals surface area contributed by atoms with Gasteiger partial charge in [-0.15, -0.1) is 0 Å². The highest BCUT2D eigenvalue weighted by Gasteiger charge is 2.72. The highest BCUT2D eigenvalue weighted by molar-refractivity contribution is 5.30. The Morgan fingerprint density at radius 3 is 1.91 bits per heavy atom. The molecule has 0 unspecified atom stereocenters. The number of hydrogen-bond donors (Lipinski definition) is 0. The lowest BCUT2D eigenvalue weighted by molar-refractivity contribution is -0.382. The third kappa shape index (κ3) is 3.59. The van der Waals surface area contributed by atoms with Crippen molar-refractivity contribution in [1.29, 1.82) is 0 Å². The topological polar surface area (TPSA) is 18.5 Å². The molecule has 0 radical (unpaired) electrons. The molecular weight excluding hydrogens is 314 g/mol. The molecule has 0 N–H and O–H groups in total. The molecular formula is C14H18F6O2. The summed E-state index contributed by atoms with van der Waals surface area (Å²) in [6, 6.07) is 0. The van der Waals surface area contributed by atoms with Crippen molar-refractivity contribution in [2.24, 2.45) is 5.92 Å². The number of hydrogen-bond acceptors (Lipinski definition) is 2. The van der Waals surface area contributed by atoms with Gasteiger partial charge in [-0.05, 0) is 30.4 Å². The van der Waals surface area contributed by atoms with Gasteiger partial charge in [-0.1, -0.05) is 19.9 Å². The normalized spacial score (nSPS) is 17.4. The molecule has 0 spiro atoms. The lowest BCUT2D eigenvalue weighted by atomic mass is 9.95. The van der Waals surface area contributed by atoms with Crippen LogP contribution in [0.2, 0.25) is 0 Å². The second-order valence-electron chi connectivity index (χ2n) is 5.28. The van der Waals surface area contributed by atoms with E-state index in [2.05, 4.69) is 4.74 Å². The van der Waals surface area contributed by atoms with Gasteiger partial charge >= 0.3 is 12.4 Å². The molecule has 0 fully saturated rings. The largest absolute Gasteiger partial charge is 0.490 e. The highest BCUT2D eigenvalue weighted by atomic mass is 19.4. The van der Waals surface area contributed by atoms with Crippen LogP contribution >= 0.6 is 0 Å². The van der Waals surface area contributed by atoms with Crippen LogP contribution in [0.1, 0.15) is 26.7 Å². The van der Waals surface area contributed by atoms with E-state index in [-0.39, 0.29) is 11.7 Å². The van der Waals surface area contributed by atoms with Crippen molar-refractivity contribution < 1.29 is 35.8 Å². The quantitative estimate of drug-likeness (QED) is 0.675.